The molecule has 3 aliphatic rings. The summed E-state index contributed by atoms with van der Waals surface area (Å²) in [5.74, 6) is -1.74. The molecule has 0 aliphatic carbocycles. The van der Waals surface area contributed by atoms with Crippen LogP contribution in [0.15, 0.2) is 0 Å². The summed E-state index contributed by atoms with van der Waals surface area (Å²) >= 11 is 0. The van der Waals surface area contributed by atoms with Crippen LogP contribution in [0.1, 0.15) is 38.5 Å². The zero-order valence-electron chi connectivity index (χ0n) is 14.1. The maximum absolute atomic E-state index is 12.2. The van der Waals surface area contributed by atoms with Gasteiger partial charge in [0.05, 0.1) is 0 Å². The molecule has 3 N–H and O–H groups in total. The van der Waals surface area contributed by atoms with Gasteiger partial charge < -0.3 is 29.9 Å². The Morgan fingerprint density at radius 1 is 0.640 bits per heavy atom. The molecule has 0 aromatic carbocycles. The first-order valence-corrected chi connectivity index (χ1v) is 8.95. The van der Waals surface area contributed by atoms with Gasteiger partial charge in [-0.1, -0.05) is 0 Å². The van der Waals surface area contributed by atoms with Crippen molar-refractivity contribution in [3.63, 3.8) is 0 Å². The molecule has 3 saturated heterocycles. The van der Waals surface area contributed by atoms with E-state index in [4.69, 9.17) is 14.0 Å². The van der Waals surface area contributed by atoms with E-state index in [1.54, 1.807) is 0 Å². The molecule has 0 spiro atoms. The average molecular weight is 353 g/mol. The number of carbonyl (C=O) groups excluding carboxylic acids is 3. The second-order valence-electron chi connectivity index (χ2n) is 6.55. The summed E-state index contributed by atoms with van der Waals surface area (Å²) < 4.78 is 15.5. The van der Waals surface area contributed by atoms with Crippen molar-refractivity contribution in [2.75, 3.05) is 19.6 Å². The Labute approximate surface area is 146 Å². The van der Waals surface area contributed by atoms with Crippen LogP contribution in [-0.4, -0.2) is 63.0 Å². The van der Waals surface area contributed by atoms with Gasteiger partial charge in [-0.25, -0.2) is 0 Å². The number of hydrogen-bond donors (Lipinski definition) is 3. The first-order valence-electron chi connectivity index (χ1n) is 8.95. The van der Waals surface area contributed by atoms with Crippen molar-refractivity contribution in [3.05, 3.63) is 0 Å². The fourth-order valence-electron chi connectivity index (χ4n) is 3.26. The Bertz CT molecular complexity index is 430. The third kappa shape index (κ3) is 4.93. The second kappa shape index (κ2) is 8.64. The smallest absolute Gasteiger partial charge is 0.461 e. The highest BCUT2D eigenvalue weighted by Gasteiger charge is 2.42. The van der Waals surface area contributed by atoms with E-state index in [9.17, 15) is 14.4 Å². The lowest BCUT2D eigenvalue weighted by Crippen LogP contribution is -2.46. The average Bonchev–Trinajstić information content (AvgIpc) is 3.38. The van der Waals surface area contributed by atoms with Crippen LogP contribution in [-0.2, 0) is 28.3 Å². The molecule has 3 rings (SSSR count). The summed E-state index contributed by atoms with van der Waals surface area (Å²) in [7, 11) is -1.65. The fourth-order valence-corrected chi connectivity index (χ4v) is 3.26. The van der Waals surface area contributed by atoms with Crippen molar-refractivity contribution in [1.29, 1.82) is 0 Å². The molecule has 0 saturated carbocycles. The van der Waals surface area contributed by atoms with Crippen LogP contribution in [0.2, 0.25) is 0 Å². The van der Waals surface area contributed by atoms with Gasteiger partial charge in [-0.2, -0.15) is 0 Å². The SMILES string of the molecule is O=C(OB(OC(=O)[C@@H]1CCCN1)OC(=O)[C@@H]1CCCN1)[C@@H]1CCCN1. The molecule has 0 radical (unpaired) electrons. The molecule has 3 heterocycles. The lowest BCUT2D eigenvalue weighted by molar-refractivity contribution is -0.150. The molecule has 3 fully saturated rings. The summed E-state index contributed by atoms with van der Waals surface area (Å²) in [6.45, 7) is 2.17. The zero-order chi connectivity index (χ0) is 17.6. The van der Waals surface area contributed by atoms with E-state index >= 15 is 0 Å². The maximum Gasteiger partial charge on any atom is 0.870 e. The van der Waals surface area contributed by atoms with E-state index in [0.717, 1.165) is 38.9 Å². The van der Waals surface area contributed by atoms with E-state index in [-0.39, 0.29) is 0 Å². The lowest BCUT2D eigenvalue weighted by atomic mass is 10.1. The normalized spacial score (nSPS) is 28.6. The largest absolute Gasteiger partial charge is 0.870 e. The van der Waals surface area contributed by atoms with E-state index in [1.807, 2.05) is 0 Å². The Hall–Kier alpha value is -1.65. The molecule has 25 heavy (non-hydrogen) atoms. The molecule has 0 aromatic heterocycles. The minimum Gasteiger partial charge on any atom is -0.461 e. The standard InChI is InChI=1S/C15H24BN3O6/c20-13(10-4-1-7-17-10)23-16(24-14(21)11-5-2-8-18-11)25-15(22)12-6-3-9-19-12/h10-12,17-19H,1-9H2/t10-,11-,12-/m0/s1. The lowest BCUT2D eigenvalue weighted by Gasteiger charge is -2.19. The van der Waals surface area contributed by atoms with E-state index in [0.29, 0.717) is 19.3 Å². The van der Waals surface area contributed by atoms with Crippen LogP contribution in [0.5, 0.6) is 0 Å². The Balaban J connectivity index is 1.58. The quantitative estimate of drug-likeness (QED) is 0.510. The van der Waals surface area contributed by atoms with Gasteiger partial charge in [0.2, 0.25) is 0 Å². The van der Waals surface area contributed by atoms with Gasteiger partial charge in [0, 0.05) is 0 Å². The predicted molar refractivity (Wildman–Crippen MR) is 87.1 cm³/mol. The third-order valence-corrected chi connectivity index (χ3v) is 4.67. The second-order valence-corrected chi connectivity index (χ2v) is 6.55. The van der Waals surface area contributed by atoms with E-state index in [1.165, 1.54) is 0 Å². The van der Waals surface area contributed by atoms with Crippen LogP contribution >= 0.6 is 0 Å². The number of carbonyl (C=O) groups is 3. The van der Waals surface area contributed by atoms with E-state index < -0.39 is 43.4 Å². The molecule has 138 valence electrons. The predicted octanol–water partition coefficient (Wildman–Crippen LogP) is -1.14. The van der Waals surface area contributed by atoms with Crippen LogP contribution < -0.4 is 16.0 Å². The van der Waals surface area contributed by atoms with Gasteiger partial charge in [0.1, 0.15) is 18.1 Å². The van der Waals surface area contributed by atoms with Gasteiger partial charge in [-0.15, -0.1) is 0 Å². The van der Waals surface area contributed by atoms with Gasteiger partial charge in [-0.3, -0.25) is 14.4 Å². The van der Waals surface area contributed by atoms with Crippen molar-refractivity contribution >= 4 is 25.2 Å². The summed E-state index contributed by atoms with van der Waals surface area (Å²) in [4.78, 5) is 36.5. The van der Waals surface area contributed by atoms with Crippen molar-refractivity contribution in [3.8, 4) is 0 Å². The number of nitrogens with one attached hydrogen (secondary N) is 3. The minimum absolute atomic E-state index is 0.464. The highest BCUT2D eigenvalue weighted by atomic mass is 16.8. The molecule has 0 aromatic rings. The highest BCUT2D eigenvalue weighted by Crippen LogP contribution is 2.13. The summed E-state index contributed by atoms with van der Waals surface area (Å²) in [6, 6.07) is -1.39. The summed E-state index contributed by atoms with van der Waals surface area (Å²) in [5, 5.41) is 9.00. The van der Waals surface area contributed by atoms with Crippen molar-refractivity contribution < 1.29 is 28.3 Å². The van der Waals surface area contributed by atoms with Gasteiger partial charge >= 0.3 is 25.2 Å². The van der Waals surface area contributed by atoms with Crippen LogP contribution in [0, 0.1) is 0 Å². The Morgan fingerprint density at radius 3 is 1.20 bits per heavy atom. The number of hydrogen-bond acceptors (Lipinski definition) is 9. The van der Waals surface area contributed by atoms with Crippen LogP contribution in [0.4, 0.5) is 0 Å². The monoisotopic (exact) mass is 353 g/mol. The molecule has 0 unspecified atom stereocenters. The minimum atomic E-state index is -1.65. The third-order valence-electron chi connectivity index (χ3n) is 4.67. The van der Waals surface area contributed by atoms with Crippen molar-refractivity contribution in [1.82, 2.24) is 16.0 Å². The molecule has 0 amide bonds. The van der Waals surface area contributed by atoms with E-state index in [2.05, 4.69) is 16.0 Å². The molecular formula is C15H24BN3O6. The van der Waals surface area contributed by atoms with Gasteiger partial charge in [0.15, 0.2) is 0 Å². The van der Waals surface area contributed by atoms with Gasteiger partial charge in [0.25, 0.3) is 0 Å². The topological polar surface area (TPSA) is 115 Å². The number of rotatable bonds is 6. The maximum atomic E-state index is 12.2. The van der Waals surface area contributed by atoms with Gasteiger partial charge in [-0.05, 0) is 58.2 Å². The fraction of sp³-hybridized carbons (Fsp3) is 0.800. The van der Waals surface area contributed by atoms with Crippen LogP contribution in [0.25, 0.3) is 0 Å². The summed E-state index contributed by atoms with van der Waals surface area (Å²) in [5.41, 5.74) is 0. The Kier molecular flexibility index (Phi) is 6.27. The molecule has 0 bridgehead atoms. The Morgan fingerprint density at radius 2 is 0.960 bits per heavy atom. The summed E-state index contributed by atoms with van der Waals surface area (Å²) in [6.07, 6.45) is 4.51. The molecule has 10 heteroatoms. The van der Waals surface area contributed by atoms with Crippen molar-refractivity contribution in [2.45, 2.75) is 56.7 Å². The zero-order valence-corrected chi connectivity index (χ0v) is 14.1. The molecule has 3 atom stereocenters. The molecule has 3 aliphatic heterocycles. The highest BCUT2D eigenvalue weighted by molar-refractivity contribution is 6.44. The first-order chi connectivity index (χ1) is 12.1. The molecular weight excluding hydrogens is 329 g/mol. The first kappa shape index (κ1) is 18.2. The van der Waals surface area contributed by atoms with Crippen LogP contribution in [0.3, 0.4) is 0 Å². The molecule has 9 nitrogen and oxygen atoms in total. The van der Waals surface area contributed by atoms with Crippen molar-refractivity contribution in [2.24, 2.45) is 0 Å².